The summed E-state index contributed by atoms with van der Waals surface area (Å²) in [5, 5.41) is 21.8. The van der Waals surface area contributed by atoms with E-state index in [1.54, 1.807) is 27.7 Å². The Bertz CT molecular complexity index is 333. The van der Waals surface area contributed by atoms with Gasteiger partial charge in [0.15, 0.2) is 0 Å². The van der Waals surface area contributed by atoms with E-state index in [1.165, 1.54) is 4.90 Å². The maximum atomic E-state index is 12.1. The van der Waals surface area contributed by atoms with Crippen molar-refractivity contribution in [1.82, 2.24) is 10.2 Å². The summed E-state index contributed by atoms with van der Waals surface area (Å²) in [6.07, 6.45) is 0.910. The monoisotopic (exact) mass is 288 g/mol. The number of carbonyl (C=O) groups is 2. The largest absolute Gasteiger partial charge is 0.481 e. The van der Waals surface area contributed by atoms with Crippen molar-refractivity contribution < 1.29 is 19.8 Å². The van der Waals surface area contributed by atoms with Gasteiger partial charge in [-0.05, 0) is 33.6 Å². The van der Waals surface area contributed by atoms with Crippen LogP contribution in [0.15, 0.2) is 0 Å². The van der Waals surface area contributed by atoms with Crippen LogP contribution in [0.1, 0.15) is 47.5 Å². The Hall–Kier alpha value is -1.30. The van der Waals surface area contributed by atoms with Gasteiger partial charge in [-0.25, -0.2) is 4.79 Å². The number of hydrogen-bond donors (Lipinski definition) is 3. The summed E-state index contributed by atoms with van der Waals surface area (Å²) in [5.74, 6) is -0.895. The molecule has 2 amide bonds. The summed E-state index contributed by atoms with van der Waals surface area (Å²) < 4.78 is 0. The van der Waals surface area contributed by atoms with Gasteiger partial charge in [0.05, 0.1) is 17.6 Å². The van der Waals surface area contributed by atoms with Crippen LogP contribution < -0.4 is 5.32 Å². The number of carbonyl (C=O) groups excluding carboxylic acids is 1. The summed E-state index contributed by atoms with van der Waals surface area (Å²) >= 11 is 0. The normalized spacial score (nSPS) is 12.1. The highest BCUT2D eigenvalue weighted by Crippen LogP contribution is 2.25. The molecule has 0 aliphatic heterocycles. The Morgan fingerprint density at radius 2 is 1.65 bits per heavy atom. The summed E-state index contributed by atoms with van der Waals surface area (Å²) in [6, 6.07) is -0.345. The van der Waals surface area contributed by atoms with Crippen molar-refractivity contribution in [2.24, 2.45) is 5.41 Å². The molecule has 0 aromatic carbocycles. The van der Waals surface area contributed by atoms with E-state index in [9.17, 15) is 19.8 Å². The molecule has 0 unspecified atom stereocenters. The maximum absolute atomic E-state index is 12.1. The highest BCUT2D eigenvalue weighted by Gasteiger charge is 2.35. The quantitative estimate of drug-likeness (QED) is 0.634. The fourth-order valence-corrected chi connectivity index (χ4v) is 2.03. The van der Waals surface area contributed by atoms with E-state index in [2.05, 4.69) is 5.32 Å². The smallest absolute Gasteiger partial charge is 0.317 e. The summed E-state index contributed by atoms with van der Waals surface area (Å²) in [6.45, 7) is 9.43. The van der Waals surface area contributed by atoms with Gasteiger partial charge >= 0.3 is 12.0 Å². The first kappa shape index (κ1) is 18.7. The third-order valence-corrected chi connectivity index (χ3v) is 3.63. The Labute approximate surface area is 121 Å². The number of nitrogens with zero attached hydrogens (tertiary/aromatic N) is 1. The molecule has 6 nitrogen and oxygen atoms in total. The van der Waals surface area contributed by atoms with E-state index in [0.29, 0.717) is 19.4 Å². The van der Waals surface area contributed by atoms with E-state index >= 15 is 0 Å². The molecule has 0 atom stereocenters. The van der Waals surface area contributed by atoms with Gasteiger partial charge in [0, 0.05) is 13.1 Å². The number of rotatable bonds is 8. The number of aliphatic carboxylic acids is 1. The molecule has 0 aliphatic carbocycles. The number of carboxylic acid groups (broad SMARTS) is 1. The van der Waals surface area contributed by atoms with E-state index in [-0.39, 0.29) is 19.1 Å². The number of aliphatic hydroxyl groups is 1. The lowest BCUT2D eigenvalue weighted by Gasteiger charge is -2.31. The molecule has 0 aliphatic rings. The van der Waals surface area contributed by atoms with Crippen LogP contribution in [0.2, 0.25) is 0 Å². The van der Waals surface area contributed by atoms with Crippen molar-refractivity contribution in [2.45, 2.75) is 53.1 Å². The minimum absolute atomic E-state index is 0.0938. The summed E-state index contributed by atoms with van der Waals surface area (Å²) in [7, 11) is 0. The van der Waals surface area contributed by atoms with Crippen LogP contribution in [-0.2, 0) is 4.79 Å². The average molecular weight is 288 g/mol. The molecule has 0 saturated carbocycles. The van der Waals surface area contributed by atoms with Crippen molar-refractivity contribution in [3.63, 3.8) is 0 Å². The standard InChI is InChI=1S/C14H28N2O4/c1-6-14(7-2,11(17)18)9-15-12(19)16(8-3)10-13(4,5)20/h20H,6-10H2,1-5H3,(H,15,19)(H,17,18). The van der Waals surface area contributed by atoms with E-state index in [1.807, 2.05) is 6.92 Å². The number of carboxylic acids is 1. The number of urea groups is 1. The first-order valence-corrected chi connectivity index (χ1v) is 7.10. The third kappa shape index (κ3) is 5.36. The Kier molecular flexibility index (Phi) is 6.99. The second-order valence-electron chi connectivity index (χ2n) is 5.78. The molecule has 20 heavy (non-hydrogen) atoms. The fourth-order valence-electron chi connectivity index (χ4n) is 2.03. The van der Waals surface area contributed by atoms with Crippen LogP contribution in [0, 0.1) is 5.41 Å². The molecule has 0 spiro atoms. The highest BCUT2D eigenvalue weighted by atomic mass is 16.4. The molecule has 0 saturated heterocycles. The fraction of sp³-hybridized carbons (Fsp3) is 0.857. The Balaban J connectivity index is 4.70. The molecule has 0 radical (unpaired) electrons. The highest BCUT2D eigenvalue weighted by molar-refractivity contribution is 5.78. The topological polar surface area (TPSA) is 89.9 Å². The van der Waals surface area contributed by atoms with Gasteiger partial charge in [-0.3, -0.25) is 4.79 Å². The third-order valence-electron chi connectivity index (χ3n) is 3.63. The van der Waals surface area contributed by atoms with Crippen LogP contribution >= 0.6 is 0 Å². The number of hydrogen-bond acceptors (Lipinski definition) is 3. The van der Waals surface area contributed by atoms with Gasteiger partial charge in [0.2, 0.25) is 0 Å². The number of nitrogens with one attached hydrogen (secondary N) is 1. The molecule has 0 heterocycles. The molecule has 0 fully saturated rings. The van der Waals surface area contributed by atoms with Crippen molar-refractivity contribution >= 4 is 12.0 Å². The second kappa shape index (κ2) is 7.47. The molecule has 0 aromatic rings. The summed E-state index contributed by atoms with van der Waals surface area (Å²) in [5.41, 5.74) is -1.91. The molecule has 0 rings (SSSR count). The van der Waals surface area contributed by atoms with Crippen molar-refractivity contribution in [1.29, 1.82) is 0 Å². The molecular formula is C14H28N2O4. The van der Waals surface area contributed by atoms with Crippen molar-refractivity contribution in [3.8, 4) is 0 Å². The van der Waals surface area contributed by atoms with Gasteiger partial charge < -0.3 is 20.4 Å². The van der Waals surface area contributed by atoms with Gasteiger partial charge in [-0.1, -0.05) is 13.8 Å². The van der Waals surface area contributed by atoms with Crippen LogP contribution in [0.4, 0.5) is 4.79 Å². The zero-order valence-electron chi connectivity index (χ0n) is 13.2. The molecular weight excluding hydrogens is 260 g/mol. The lowest BCUT2D eigenvalue weighted by molar-refractivity contribution is -0.149. The van der Waals surface area contributed by atoms with Crippen LogP contribution in [0.3, 0.4) is 0 Å². The molecule has 0 aromatic heterocycles. The van der Waals surface area contributed by atoms with E-state index in [4.69, 9.17) is 0 Å². The first-order chi connectivity index (χ1) is 9.11. The molecule has 6 heteroatoms. The predicted octanol–water partition coefficient (Wildman–Crippen LogP) is 1.68. The zero-order chi connectivity index (χ0) is 16.0. The lowest BCUT2D eigenvalue weighted by Crippen LogP contribution is -2.50. The Morgan fingerprint density at radius 1 is 1.15 bits per heavy atom. The molecule has 0 bridgehead atoms. The van der Waals surface area contributed by atoms with E-state index in [0.717, 1.165) is 0 Å². The number of likely N-dealkylation sites (N-methyl/N-ethyl adjacent to an activating group) is 1. The van der Waals surface area contributed by atoms with Crippen LogP contribution in [0.5, 0.6) is 0 Å². The minimum atomic E-state index is -0.979. The molecule has 118 valence electrons. The van der Waals surface area contributed by atoms with Gasteiger partial charge in [-0.2, -0.15) is 0 Å². The maximum Gasteiger partial charge on any atom is 0.317 e. The second-order valence-corrected chi connectivity index (χ2v) is 5.78. The number of amides is 2. The van der Waals surface area contributed by atoms with Gasteiger partial charge in [0.1, 0.15) is 0 Å². The van der Waals surface area contributed by atoms with Crippen molar-refractivity contribution in [2.75, 3.05) is 19.6 Å². The van der Waals surface area contributed by atoms with Gasteiger partial charge in [0.25, 0.3) is 0 Å². The van der Waals surface area contributed by atoms with Crippen molar-refractivity contribution in [3.05, 3.63) is 0 Å². The zero-order valence-corrected chi connectivity index (χ0v) is 13.2. The predicted molar refractivity (Wildman–Crippen MR) is 77.6 cm³/mol. The van der Waals surface area contributed by atoms with Crippen LogP contribution in [0.25, 0.3) is 0 Å². The molecule has 3 N–H and O–H groups in total. The first-order valence-electron chi connectivity index (χ1n) is 7.10. The lowest BCUT2D eigenvalue weighted by atomic mass is 9.82. The SMILES string of the molecule is CCN(CC(C)(C)O)C(=O)NCC(CC)(CC)C(=O)O. The van der Waals surface area contributed by atoms with E-state index < -0.39 is 17.0 Å². The average Bonchev–Trinajstić information content (AvgIpc) is 2.36. The van der Waals surface area contributed by atoms with Gasteiger partial charge in [-0.15, -0.1) is 0 Å². The Morgan fingerprint density at radius 3 is 1.95 bits per heavy atom. The minimum Gasteiger partial charge on any atom is -0.481 e. The van der Waals surface area contributed by atoms with Crippen LogP contribution in [-0.4, -0.2) is 52.3 Å². The summed E-state index contributed by atoms with van der Waals surface area (Å²) in [4.78, 5) is 24.9.